The molecule has 0 aliphatic rings. The van der Waals surface area contributed by atoms with E-state index in [0.29, 0.717) is 11.3 Å². The summed E-state index contributed by atoms with van der Waals surface area (Å²) < 4.78 is 18.3. The molecule has 0 saturated heterocycles. The number of nitrogens with one attached hydrogen (secondary N) is 1. The molecule has 0 atom stereocenters. The predicted octanol–water partition coefficient (Wildman–Crippen LogP) is 4.23. The second kappa shape index (κ2) is 7.75. The molecule has 124 valence electrons. The Balaban J connectivity index is 2.18. The first-order chi connectivity index (χ1) is 11.4. The van der Waals surface area contributed by atoms with E-state index in [1.165, 1.54) is 43.5 Å². The van der Waals surface area contributed by atoms with Crippen LogP contribution in [0.1, 0.15) is 21.5 Å². The molecule has 1 N–H and O–H groups in total. The molecular weight excluding hydrogens is 333 g/mol. The van der Waals surface area contributed by atoms with Crippen molar-refractivity contribution >= 4 is 35.2 Å². The van der Waals surface area contributed by atoms with Crippen LogP contribution in [-0.2, 0) is 9.53 Å². The Morgan fingerprint density at radius 1 is 1.25 bits per heavy atom. The normalized spacial score (nSPS) is 10.7. The lowest BCUT2D eigenvalue weighted by atomic mass is 10.1. The number of carbonyl (C=O) groups is 2. The van der Waals surface area contributed by atoms with Gasteiger partial charge in [-0.1, -0.05) is 23.7 Å². The molecule has 2 aromatic carbocycles. The minimum atomic E-state index is -0.518. The van der Waals surface area contributed by atoms with Gasteiger partial charge in [0, 0.05) is 17.3 Å². The Morgan fingerprint density at radius 2 is 2.00 bits per heavy atom. The number of hydrogen-bond acceptors (Lipinski definition) is 3. The van der Waals surface area contributed by atoms with Crippen LogP contribution >= 0.6 is 11.6 Å². The molecule has 0 unspecified atom stereocenters. The second-order valence-corrected chi connectivity index (χ2v) is 5.39. The lowest BCUT2D eigenvalue weighted by molar-refractivity contribution is -0.111. The first-order valence-corrected chi connectivity index (χ1v) is 7.42. The van der Waals surface area contributed by atoms with E-state index < -0.39 is 17.7 Å². The first kappa shape index (κ1) is 17.7. The molecule has 0 aliphatic carbocycles. The van der Waals surface area contributed by atoms with Gasteiger partial charge in [-0.05, 0) is 42.8 Å². The maximum absolute atomic E-state index is 13.7. The smallest absolute Gasteiger partial charge is 0.337 e. The van der Waals surface area contributed by atoms with Gasteiger partial charge < -0.3 is 10.1 Å². The molecular formula is C18H15ClFNO3. The van der Waals surface area contributed by atoms with Gasteiger partial charge in [-0.2, -0.15) is 0 Å². The van der Waals surface area contributed by atoms with Gasteiger partial charge in [0.05, 0.1) is 17.7 Å². The van der Waals surface area contributed by atoms with Crippen LogP contribution in [-0.4, -0.2) is 19.0 Å². The molecule has 24 heavy (non-hydrogen) atoms. The highest BCUT2D eigenvalue weighted by Gasteiger charge is 2.10. The number of aryl methyl sites for hydroxylation is 1. The Bertz CT molecular complexity index is 798. The zero-order valence-corrected chi connectivity index (χ0v) is 13.9. The fourth-order valence-corrected chi connectivity index (χ4v) is 2.23. The number of benzene rings is 2. The van der Waals surface area contributed by atoms with E-state index >= 15 is 0 Å². The van der Waals surface area contributed by atoms with Crippen molar-refractivity contribution < 1.29 is 18.7 Å². The third-order valence-electron chi connectivity index (χ3n) is 3.32. The van der Waals surface area contributed by atoms with Crippen LogP contribution in [0.4, 0.5) is 10.1 Å². The number of amides is 1. The van der Waals surface area contributed by atoms with Crippen LogP contribution in [0, 0.1) is 12.7 Å². The number of methoxy groups -OCH3 is 1. The largest absolute Gasteiger partial charge is 0.465 e. The fourth-order valence-electron chi connectivity index (χ4n) is 2.00. The zero-order valence-electron chi connectivity index (χ0n) is 13.1. The van der Waals surface area contributed by atoms with Gasteiger partial charge in [-0.3, -0.25) is 4.79 Å². The van der Waals surface area contributed by atoms with Gasteiger partial charge in [0.1, 0.15) is 5.82 Å². The predicted molar refractivity (Wildman–Crippen MR) is 91.6 cm³/mol. The molecule has 0 heterocycles. The van der Waals surface area contributed by atoms with Crippen molar-refractivity contribution in [1.82, 2.24) is 0 Å². The van der Waals surface area contributed by atoms with E-state index in [4.69, 9.17) is 11.6 Å². The van der Waals surface area contributed by atoms with E-state index in [1.807, 2.05) is 0 Å². The van der Waals surface area contributed by atoms with Crippen LogP contribution in [0.3, 0.4) is 0 Å². The first-order valence-electron chi connectivity index (χ1n) is 7.04. The van der Waals surface area contributed by atoms with Crippen molar-refractivity contribution in [3.63, 3.8) is 0 Å². The molecule has 2 rings (SSSR count). The number of esters is 1. The molecule has 1 amide bonds. The van der Waals surface area contributed by atoms with Gasteiger partial charge in [0.15, 0.2) is 0 Å². The average molecular weight is 348 g/mol. The molecule has 4 nitrogen and oxygen atoms in total. The number of halogens is 2. The van der Waals surface area contributed by atoms with Gasteiger partial charge in [-0.25, -0.2) is 9.18 Å². The number of anilines is 1. The number of rotatable bonds is 4. The van der Waals surface area contributed by atoms with Crippen molar-refractivity contribution in [2.75, 3.05) is 12.4 Å². The van der Waals surface area contributed by atoms with Crippen molar-refractivity contribution in [1.29, 1.82) is 0 Å². The summed E-state index contributed by atoms with van der Waals surface area (Å²) in [6.07, 6.45) is 2.47. The van der Waals surface area contributed by atoms with Crippen LogP contribution in [0.15, 0.2) is 42.5 Å². The van der Waals surface area contributed by atoms with Crippen LogP contribution < -0.4 is 5.32 Å². The van der Waals surface area contributed by atoms with E-state index in [0.717, 1.165) is 5.56 Å². The molecule has 6 heteroatoms. The highest BCUT2D eigenvalue weighted by molar-refractivity contribution is 6.32. The molecule has 0 aromatic heterocycles. The summed E-state index contributed by atoms with van der Waals surface area (Å²) in [4.78, 5) is 23.6. The van der Waals surface area contributed by atoms with Crippen LogP contribution in [0.5, 0.6) is 0 Å². The van der Waals surface area contributed by atoms with E-state index in [2.05, 4.69) is 10.1 Å². The lowest BCUT2D eigenvalue weighted by Crippen LogP contribution is -2.10. The summed E-state index contributed by atoms with van der Waals surface area (Å²) in [5.74, 6) is -1.49. The van der Waals surface area contributed by atoms with Gasteiger partial charge in [0.25, 0.3) is 0 Å². The highest BCUT2D eigenvalue weighted by Crippen LogP contribution is 2.21. The number of carbonyl (C=O) groups excluding carboxylic acids is 2. The Morgan fingerprint density at radius 3 is 2.67 bits per heavy atom. The molecule has 0 fully saturated rings. The second-order valence-electron chi connectivity index (χ2n) is 4.98. The third-order valence-corrected chi connectivity index (χ3v) is 3.65. The topological polar surface area (TPSA) is 55.4 Å². The summed E-state index contributed by atoms with van der Waals surface area (Å²) in [6, 6.07) is 9.09. The summed E-state index contributed by atoms with van der Waals surface area (Å²) in [5, 5.41) is 2.85. The van der Waals surface area contributed by atoms with Gasteiger partial charge in [-0.15, -0.1) is 0 Å². The standard InChI is InChI=1S/C18H15ClFNO3/c1-11-6-7-12(18(23)24-2)10-16(11)21-17(22)9-8-13-14(19)4-3-5-15(13)20/h3-10H,1-2H3,(H,21,22)/b9-8+. The molecule has 0 aliphatic heterocycles. The fraction of sp³-hybridized carbons (Fsp3) is 0.111. The molecule has 0 spiro atoms. The lowest BCUT2D eigenvalue weighted by Gasteiger charge is -2.08. The van der Waals surface area contributed by atoms with Crippen molar-refractivity contribution in [3.05, 3.63) is 70.0 Å². The monoisotopic (exact) mass is 347 g/mol. The van der Waals surface area contributed by atoms with Crippen molar-refractivity contribution in [2.24, 2.45) is 0 Å². The highest BCUT2D eigenvalue weighted by atomic mass is 35.5. The Kier molecular flexibility index (Phi) is 5.71. The minimum absolute atomic E-state index is 0.134. The average Bonchev–Trinajstić information content (AvgIpc) is 2.55. The summed E-state index contributed by atoms with van der Waals surface area (Å²) in [5.41, 5.74) is 1.69. The Labute approximate surface area is 143 Å². The molecule has 0 bridgehead atoms. The van der Waals surface area contributed by atoms with Crippen LogP contribution in [0.2, 0.25) is 5.02 Å². The molecule has 0 radical (unpaired) electrons. The maximum Gasteiger partial charge on any atom is 0.337 e. The summed E-state index contributed by atoms with van der Waals surface area (Å²) >= 11 is 5.90. The zero-order chi connectivity index (χ0) is 17.7. The van der Waals surface area contributed by atoms with Crippen molar-refractivity contribution in [2.45, 2.75) is 6.92 Å². The quantitative estimate of drug-likeness (QED) is 0.665. The van der Waals surface area contributed by atoms with E-state index in [1.54, 1.807) is 19.1 Å². The SMILES string of the molecule is COC(=O)c1ccc(C)c(NC(=O)/C=C/c2c(F)cccc2Cl)c1. The third kappa shape index (κ3) is 4.20. The Hall–Kier alpha value is -2.66. The van der Waals surface area contributed by atoms with Crippen molar-refractivity contribution in [3.8, 4) is 0 Å². The molecule has 2 aromatic rings. The minimum Gasteiger partial charge on any atom is -0.465 e. The van der Waals surface area contributed by atoms with E-state index in [-0.39, 0.29) is 10.6 Å². The van der Waals surface area contributed by atoms with Gasteiger partial charge in [0.2, 0.25) is 5.91 Å². The van der Waals surface area contributed by atoms with E-state index in [9.17, 15) is 14.0 Å². The summed E-state index contributed by atoms with van der Waals surface area (Å²) in [6.45, 7) is 1.79. The number of hydrogen-bond donors (Lipinski definition) is 1. The summed E-state index contributed by atoms with van der Waals surface area (Å²) in [7, 11) is 1.28. The maximum atomic E-state index is 13.7. The number of ether oxygens (including phenoxy) is 1. The van der Waals surface area contributed by atoms with Gasteiger partial charge >= 0.3 is 5.97 Å². The van der Waals surface area contributed by atoms with Crippen LogP contribution in [0.25, 0.3) is 6.08 Å². The molecule has 0 saturated carbocycles.